The number of hydrogen-bond donors (Lipinski definition) is 3. The van der Waals surface area contributed by atoms with Crippen LogP contribution in [0.4, 0.5) is 4.79 Å². The number of ketones is 2. The average molecular weight is 903 g/mol. The molecule has 7 rings (SSSR count). The van der Waals surface area contributed by atoms with Crippen LogP contribution in [0.3, 0.4) is 0 Å². The molecule has 3 amide bonds. The zero-order chi connectivity index (χ0) is 45.1. The first-order valence-corrected chi connectivity index (χ1v) is 23.9. The van der Waals surface area contributed by atoms with Crippen molar-refractivity contribution < 1.29 is 28.7 Å². The van der Waals surface area contributed by atoms with Gasteiger partial charge >= 0.3 is 6.09 Å². The number of hydrogen-bond acceptors (Lipinski definition) is 11. The van der Waals surface area contributed by atoms with Crippen molar-refractivity contribution in [3.63, 3.8) is 0 Å². The zero-order valence-corrected chi connectivity index (χ0v) is 38.0. The Balaban J connectivity index is 0.000000219. The SMILES string of the molecule is CCCCCC(NC(=O)C1CCCN(C(=O)CCc2ccccc2)C1)C(=O)c1nc2ccccc2s1.NCCCCC(NC(=O)OCc1ccccc1)C(=O)c1nc2ccccc2s1. The molecule has 3 atom stereocenters. The van der Waals surface area contributed by atoms with E-state index in [2.05, 4.69) is 27.5 Å². The van der Waals surface area contributed by atoms with E-state index in [1.54, 1.807) is 0 Å². The molecule has 2 aromatic heterocycles. The Morgan fingerprint density at radius 3 is 1.84 bits per heavy atom. The van der Waals surface area contributed by atoms with Gasteiger partial charge in [0.25, 0.3) is 0 Å². The lowest BCUT2D eigenvalue weighted by Crippen LogP contribution is -2.49. The molecule has 64 heavy (non-hydrogen) atoms. The van der Waals surface area contributed by atoms with E-state index in [1.807, 2.05) is 114 Å². The molecule has 14 heteroatoms. The summed E-state index contributed by atoms with van der Waals surface area (Å²) in [6.07, 6.45) is 7.56. The van der Waals surface area contributed by atoms with E-state index in [1.165, 1.54) is 22.7 Å². The summed E-state index contributed by atoms with van der Waals surface area (Å²) in [5.41, 5.74) is 9.17. The van der Waals surface area contributed by atoms with E-state index in [9.17, 15) is 24.0 Å². The lowest BCUT2D eigenvalue weighted by atomic mass is 9.95. The minimum Gasteiger partial charge on any atom is -0.445 e. The third-order valence-electron chi connectivity index (χ3n) is 11.1. The fraction of sp³-hybridized carbons (Fsp3) is 0.380. The van der Waals surface area contributed by atoms with Gasteiger partial charge in [-0.2, -0.15) is 0 Å². The van der Waals surface area contributed by atoms with Crippen LogP contribution < -0.4 is 16.4 Å². The Labute approximate surface area is 383 Å². The van der Waals surface area contributed by atoms with Crippen molar-refractivity contribution in [2.75, 3.05) is 19.6 Å². The van der Waals surface area contributed by atoms with E-state index in [0.29, 0.717) is 55.3 Å². The van der Waals surface area contributed by atoms with Gasteiger partial charge in [-0.15, -0.1) is 22.7 Å². The van der Waals surface area contributed by atoms with E-state index in [4.69, 9.17) is 10.5 Å². The summed E-state index contributed by atoms with van der Waals surface area (Å²) in [6.45, 7) is 3.91. The predicted molar refractivity (Wildman–Crippen MR) is 254 cm³/mol. The highest BCUT2D eigenvalue weighted by Crippen LogP contribution is 2.26. The molecule has 0 bridgehead atoms. The van der Waals surface area contributed by atoms with Crippen molar-refractivity contribution in [3.8, 4) is 0 Å². The van der Waals surface area contributed by atoms with Gasteiger partial charge < -0.3 is 26.0 Å². The number of carbonyl (C=O) groups excluding carboxylic acids is 5. The van der Waals surface area contributed by atoms with Gasteiger partial charge in [-0.25, -0.2) is 14.8 Å². The minimum absolute atomic E-state index is 0.0846. The van der Waals surface area contributed by atoms with Crippen LogP contribution in [-0.2, 0) is 27.4 Å². The molecule has 3 unspecified atom stereocenters. The van der Waals surface area contributed by atoms with Crippen molar-refractivity contribution in [2.24, 2.45) is 11.7 Å². The highest BCUT2D eigenvalue weighted by atomic mass is 32.1. The van der Waals surface area contributed by atoms with Gasteiger partial charge in [0.15, 0.2) is 10.0 Å². The molecule has 6 aromatic rings. The molecule has 0 saturated carbocycles. The third kappa shape index (κ3) is 14.1. The number of nitrogens with zero attached hydrogens (tertiary/aromatic N) is 3. The Kier molecular flexibility index (Phi) is 18.5. The molecular weight excluding hydrogens is 845 g/mol. The smallest absolute Gasteiger partial charge is 0.408 e. The van der Waals surface area contributed by atoms with Gasteiger partial charge in [0.1, 0.15) is 6.61 Å². The number of para-hydroxylation sites is 2. The summed E-state index contributed by atoms with van der Waals surface area (Å²) in [7, 11) is 0. The predicted octanol–water partition coefficient (Wildman–Crippen LogP) is 9.32. The van der Waals surface area contributed by atoms with Crippen molar-refractivity contribution >= 4 is 72.6 Å². The Morgan fingerprint density at radius 1 is 0.719 bits per heavy atom. The Bertz CT molecular complexity index is 2370. The van der Waals surface area contributed by atoms with Crippen LogP contribution in [0.15, 0.2) is 109 Å². The molecular formula is C50H58N6O6S2. The third-order valence-corrected chi connectivity index (χ3v) is 13.2. The number of aryl methyl sites for hydroxylation is 1. The van der Waals surface area contributed by atoms with Gasteiger partial charge in [0.2, 0.25) is 23.4 Å². The summed E-state index contributed by atoms with van der Waals surface area (Å²) in [5, 5.41) is 6.58. The highest BCUT2D eigenvalue weighted by Gasteiger charge is 2.32. The fourth-order valence-corrected chi connectivity index (χ4v) is 9.47. The molecule has 1 saturated heterocycles. The first-order chi connectivity index (χ1) is 31.2. The second kappa shape index (κ2) is 24.9. The second-order valence-electron chi connectivity index (χ2n) is 16.0. The molecule has 0 aliphatic carbocycles. The number of carbonyl (C=O) groups is 5. The van der Waals surface area contributed by atoms with E-state index < -0.39 is 18.2 Å². The van der Waals surface area contributed by atoms with Crippen LogP contribution in [0.1, 0.15) is 102 Å². The second-order valence-corrected chi connectivity index (χ2v) is 18.0. The molecule has 1 fully saturated rings. The minimum atomic E-state index is -0.685. The fourth-order valence-electron chi connectivity index (χ4n) is 7.55. The lowest BCUT2D eigenvalue weighted by Gasteiger charge is -2.33. The standard InChI is InChI=1S/C29H35N3O3S.C21H23N3O3S/c1-2-3-5-15-24(27(34)29-31-23-14-8-9-16-25(23)36-29)30-28(35)22-13-10-19-32(20-22)26(33)18-17-21-11-6-4-7-12-21;22-13-7-6-11-17(24-21(26)27-14-15-8-2-1-3-9-15)19(25)20-23-16-10-4-5-12-18(16)28-20/h4,6-9,11-12,14,16,22,24H,2-3,5,10,13,15,17-20H2,1H3,(H,30,35);1-5,8-10,12,17H,6-7,11,13-14,22H2,(H,24,26). The number of thiazole rings is 2. The number of rotatable bonds is 20. The number of piperidine rings is 1. The summed E-state index contributed by atoms with van der Waals surface area (Å²) in [6, 6.07) is 33.4. The molecule has 1 aliphatic rings. The molecule has 4 N–H and O–H groups in total. The lowest BCUT2D eigenvalue weighted by molar-refractivity contribution is -0.135. The van der Waals surface area contributed by atoms with Gasteiger partial charge in [0, 0.05) is 19.5 Å². The summed E-state index contributed by atoms with van der Waals surface area (Å²) in [4.78, 5) is 75.5. The largest absolute Gasteiger partial charge is 0.445 e. The maximum atomic E-state index is 13.4. The van der Waals surface area contributed by atoms with Gasteiger partial charge in [-0.1, -0.05) is 111 Å². The molecule has 3 heterocycles. The van der Waals surface area contributed by atoms with Gasteiger partial charge in [0.05, 0.1) is 38.4 Å². The van der Waals surface area contributed by atoms with Crippen LogP contribution in [0.5, 0.6) is 0 Å². The number of fused-ring (bicyclic) bond motifs is 2. The molecule has 4 aromatic carbocycles. The van der Waals surface area contributed by atoms with Crippen LogP contribution in [0, 0.1) is 5.92 Å². The van der Waals surface area contributed by atoms with Crippen LogP contribution >= 0.6 is 22.7 Å². The van der Waals surface area contributed by atoms with Crippen molar-refractivity contribution in [2.45, 2.75) is 96.2 Å². The first-order valence-electron chi connectivity index (χ1n) is 22.3. The molecule has 336 valence electrons. The topological polar surface area (TPSA) is 174 Å². The molecule has 0 spiro atoms. The van der Waals surface area contributed by atoms with E-state index in [0.717, 1.165) is 76.5 Å². The number of alkyl carbamates (subject to hydrolysis) is 1. The molecule has 12 nitrogen and oxygen atoms in total. The number of nitrogens with one attached hydrogen (secondary N) is 2. The number of likely N-dealkylation sites (tertiary alicyclic amines) is 1. The van der Waals surface area contributed by atoms with Crippen LogP contribution in [0.2, 0.25) is 0 Å². The summed E-state index contributed by atoms with van der Waals surface area (Å²) in [5.74, 6) is -0.661. The van der Waals surface area contributed by atoms with Crippen LogP contribution in [-0.4, -0.2) is 76.1 Å². The van der Waals surface area contributed by atoms with Gasteiger partial charge in [-0.05, 0) is 86.9 Å². The van der Waals surface area contributed by atoms with Crippen molar-refractivity contribution in [3.05, 3.63) is 130 Å². The maximum absolute atomic E-state index is 13.4. The number of aromatic nitrogens is 2. The van der Waals surface area contributed by atoms with Crippen molar-refractivity contribution in [1.29, 1.82) is 0 Å². The molecule has 1 aliphatic heterocycles. The number of Topliss-reactive ketones (excluding diaryl/α,β-unsaturated/α-hetero) is 2. The number of benzene rings is 4. The van der Waals surface area contributed by atoms with Crippen LogP contribution in [0.25, 0.3) is 20.4 Å². The zero-order valence-electron chi connectivity index (χ0n) is 36.4. The quantitative estimate of drug-likeness (QED) is 0.0499. The highest BCUT2D eigenvalue weighted by molar-refractivity contribution is 7.20. The number of ether oxygens (including phenoxy) is 1. The molecule has 0 radical (unpaired) electrons. The van der Waals surface area contributed by atoms with Crippen molar-refractivity contribution in [1.82, 2.24) is 25.5 Å². The summed E-state index contributed by atoms with van der Waals surface area (Å²) >= 11 is 2.71. The van der Waals surface area contributed by atoms with Gasteiger partial charge in [-0.3, -0.25) is 19.2 Å². The Hall–Kier alpha value is -5.83. The van der Waals surface area contributed by atoms with E-state index >= 15 is 0 Å². The number of nitrogens with two attached hydrogens (primary N) is 1. The maximum Gasteiger partial charge on any atom is 0.408 e. The normalized spacial score (nSPS) is 14.5. The first kappa shape index (κ1) is 47.6. The average Bonchev–Trinajstić information content (AvgIpc) is 3.98. The monoisotopic (exact) mass is 902 g/mol. The Morgan fingerprint density at radius 2 is 1.27 bits per heavy atom. The number of amides is 3. The number of unbranched alkanes of at least 4 members (excludes halogenated alkanes) is 3. The summed E-state index contributed by atoms with van der Waals surface area (Å²) < 4.78 is 7.18. The van der Waals surface area contributed by atoms with E-state index in [-0.39, 0.29) is 35.9 Å².